The van der Waals surface area contributed by atoms with Gasteiger partial charge in [-0.3, -0.25) is 10.1 Å². The van der Waals surface area contributed by atoms with Gasteiger partial charge in [-0.25, -0.2) is 9.78 Å². The molecule has 0 saturated heterocycles. The van der Waals surface area contributed by atoms with Crippen LogP contribution in [0.2, 0.25) is 5.02 Å². The van der Waals surface area contributed by atoms with Crippen LogP contribution in [-0.4, -0.2) is 21.0 Å². The summed E-state index contributed by atoms with van der Waals surface area (Å²) in [6, 6.07) is 5.51. The van der Waals surface area contributed by atoms with Gasteiger partial charge in [-0.2, -0.15) is 0 Å². The third-order valence-electron chi connectivity index (χ3n) is 2.38. The smallest absolute Gasteiger partial charge is 0.341 e. The molecule has 1 aromatic carbocycles. The Morgan fingerprint density at radius 1 is 1.43 bits per heavy atom. The second-order valence-corrected chi connectivity index (χ2v) is 5.08. The van der Waals surface area contributed by atoms with E-state index in [1.54, 1.807) is 12.1 Å². The number of carboxylic acid groups (broad SMARTS) is 1. The monoisotopic (exact) mass is 372 g/mol. The Hall–Kier alpha value is -2.19. The van der Waals surface area contributed by atoms with Gasteiger partial charge in [-0.05, 0) is 34.1 Å². The zero-order chi connectivity index (χ0) is 15.6. The summed E-state index contributed by atoms with van der Waals surface area (Å²) in [7, 11) is 0. The number of pyridine rings is 1. The van der Waals surface area contributed by atoms with Gasteiger partial charge in [0.1, 0.15) is 17.5 Å². The van der Waals surface area contributed by atoms with Gasteiger partial charge in [0.05, 0.1) is 9.40 Å². The van der Waals surface area contributed by atoms with Crippen LogP contribution < -0.4 is 4.74 Å². The third kappa shape index (κ3) is 3.47. The lowest BCUT2D eigenvalue weighted by Crippen LogP contribution is -2.04. The minimum Gasteiger partial charge on any atom is -0.477 e. The van der Waals surface area contributed by atoms with Crippen LogP contribution in [0, 0.1) is 10.1 Å². The van der Waals surface area contributed by atoms with Crippen molar-refractivity contribution in [1.29, 1.82) is 0 Å². The van der Waals surface area contributed by atoms with E-state index in [2.05, 4.69) is 20.9 Å². The number of halogens is 2. The van der Waals surface area contributed by atoms with Crippen LogP contribution in [0.25, 0.3) is 0 Å². The molecule has 9 heteroatoms. The van der Waals surface area contributed by atoms with Crippen LogP contribution in [0.5, 0.6) is 11.6 Å². The average Bonchev–Trinajstić information content (AvgIpc) is 2.41. The van der Waals surface area contributed by atoms with Gasteiger partial charge in [0, 0.05) is 11.1 Å². The minimum absolute atomic E-state index is 0.254. The Bertz CT molecular complexity index is 738. The highest BCUT2D eigenvalue weighted by molar-refractivity contribution is 9.10. The van der Waals surface area contributed by atoms with E-state index < -0.39 is 22.1 Å². The van der Waals surface area contributed by atoms with Crippen molar-refractivity contribution in [3.63, 3.8) is 0 Å². The quantitative estimate of drug-likeness (QED) is 0.644. The molecule has 7 nitrogen and oxygen atoms in total. The van der Waals surface area contributed by atoms with Crippen molar-refractivity contribution >= 4 is 39.2 Å². The zero-order valence-electron chi connectivity index (χ0n) is 10.1. The molecule has 2 aromatic rings. The van der Waals surface area contributed by atoms with Crippen molar-refractivity contribution in [2.45, 2.75) is 0 Å². The molecule has 0 aliphatic heterocycles. The first kappa shape index (κ1) is 15.2. The van der Waals surface area contributed by atoms with Crippen LogP contribution in [0.3, 0.4) is 0 Å². The molecule has 1 N–H and O–H groups in total. The summed E-state index contributed by atoms with van der Waals surface area (Å²) >= 11 is 9.00. The highest BCUT2D eigenvalue weighted by Gasteiger charge is 2.19. The van der Waals surface area contributed by atoms with Crippen LogP contribution in [0.1, 0.15) is 10.4 Å². The molecule has 0 bridgehead atoms. The molecule has 2 rings (SSSR count). The van der Waals surface area contributed by atoms with E-state index in [1.807, 2.05) is 0 Å². The first-order valence-corrected chi connectivity index (χ1v) is 6.56. The van der Waals surface area contributed by atoms with E-state index in [0.717, 1.165) is 12.3 Å². The Labute approximate surface area is 131 Å². The first-order chi connectivity index (χ1) is 9.88. The summed E-state index contributed by atoms with van der Waals surface area (Å²) in [4.78, 5) is 24.7. The molecule has 1 heterocycles. The molecule has 0 amide bonds. The van der Waals surface area contributed by atoms with E-state index in [0.29, 0.717) is 9.50 Å². The highest BCUT2D eigenvalue weighted by atomic mass is 79.9. The third-order valence-corrected chi connectivity index (χ3v) is 3.23. The van der Waals surface area contributed by atoms with Crippen LogP contribution in [-0.2, 0) is 0 Å². The van der Waals surface area contributed by atoms with Crippen LogP contribution >= 0.6 is 27.5 Å². The maximum absolute atomic E-state index is 11.2. The molecule has 0 fully saturated rings. The van der Waals surface area contributed by atoms with E-state index >= 15 is 0 Å². The van der Waals surface area contributed by atoms with Crippen molar-refractivity contribution in [2.24, 2.45) is 0 Å². The Kier molecular flexibility index (Phi) is 4.39. The summed E-state index contributed by atoms with van der Waals surface area (Å²) in [5, 5.41) is 20.2. The summed E-state index contributed by atoms with van der Waals surface area (Å²) in [6.07, 6.45) is 0.922. The van der Waals surface area contributed by atoms with Gasteiger partial charge in [0.2, 0.25) is 5.88 Å². The molecular weight excluding hydrogens is 367 g/mol. The minimum atomic E-state index is -1.38. The molecule has 0 atom stereocenters. The molecule has 0 radical (unpaired) electrons. The molecular formula is C12H6BrClN2O5. The number of aromatic nitrogens is 1. The number of aromatic carboxylic acids is 1. The Morgan fingerprint density at radius 3 is 2.71 bits per heavy atom. The fourth-order valence-electron chi connectivity index (χ4n) is 1.44. The molecule has 0 saturated carbocycles. The van der Waals surface area contributed by atoms with Gasteiger partial charge in [0.25, 0.3) is 5.69 Å². The Balaban J connectivity index is 2.44. The second kappa shape index (κ2) is 6.06. The van der Waals surface area contributed by atoms with Crippen molar-refractivity contribution in [2.75, 3.05) is 0 Å². The van der Waals surface area contributed by atoms with E-state index in [1.165, 1.54) is 6.07 Å². The maximum Gasteiger partial charge on any atom is 0.341 e. The van der Waals surface area contributed by atoms with Gasteiger partial charge < -0.3 is 9.84 Å². The fraction of sp³-hybridized carbons (Fsp3) is 0. The Morgan fingerprint density at radius 2 is 2.14 bits per heavy atom. The predicted octanol–water partition coefficient (Wildman–Crippen LogP) is 3.90. The van der Waals surface area contributed by atoms with Crippen LogP contribution in [0.15, 0.2) is 34.9 Å². The summed E-state index contributed by atoms with van der Waals surface area (Å²) in [6.45, 7) is 0. The molecule has 1 aromatic heterocycles. The highest BCUT2D eigenvalue weighted by Crippen LogP contribution is 2.33. The lowest BCUT2D eigenvalue weighted by molar-refractivity contribution is -0.385. The molecule has 0 aliphatic carbocycles. The summed E-state index contributed by atoms with van der Waals surface area (Å²) in [5.41, 5.74) is -0.846. The normalized spacial score (nSPS) is 10.2. The molecule has 0 unspecified atom stereocenters. The van der Waals surface area contributed by atoms with Crippen molar-refractivity contribution in [3.8, 4) is 11.6 Å². The fourth-order valence-corrected chi connectivity index (χ4v) is 2.20. The predicted molar refractivity (Wildman–Crippen MR) is 77.1 cm³/mol. The number of rotatable bonds is 4. The zero-order valence-corrected chi connectivity index (χ0v) is 12.5. The number of hydrogen-bond acceptors (Lipinski definition) is 5. The number of benzene rings is 1. The van der Waals surface area contributed by atoms with Gasteiger partial charge in [-0.15, -0.1) is 0 Å². The van der Waals surface area contributed by atoms with Gasteiger partial charge >= 0.3 is 5.97 Å². The molecule has 108 valence electrons. The second-order valence-electron chi connectivity index (χ2n) is 3.79. The number of ether oxygens (including phenoxy) is 1. The summed E-state index contributed by atoms with van der Waals surface area (Å²) < 4.78 is 5.86. The SMILES string of the molecule is O=C(O)c1cc([N+](=O)[O-])cnc1Oc1ccc(Cl)cc1Br. The largest absolute Gasteiger partial charge is 0.477 e. The lowest BCUT2D eigenvalue weighted by atomic mass is 10.2. The van der Waals surface area contributed by atoms with E-state index in [9.17, 15) is 14.9 Å². The standard InChI is InChI=1S/C12H6BrClN2O5/c13-9-3-6(14)1-2-10(9)21-11-8(12(17)18)4-7(5-15-11)16(19)20/h1-5H,(H,17,18). The van der Waals surface area contributed by atoms with Gasteiger partial charge in [0.15, 0.2) is 0 Å². The number of carbonyl (C=O) groups is 1. The lowest BCUT2D eigenvalue weighted by Gasteiger charge is -2.09. The first-order valence-electron chi connectivity index (χ1n) is 5.39. The number of hydrogen-bond donors (Lipinski definition) is 1. The van der Waals surface area contributed by atoms with Crippen molar-refractivity contribution in [1.82, 2.24) is 4.98 Å². The van der Waals surface area contributed by atoms with Gasteiger partial charge in [-0.1, -0.05) is 11.6 Å². The number of carboxylic acids is 1. The molecule has 0 spiro atoms. The van der Waals surface area contributed by atoms with Crippen molar-refractivity contribution < 1.29 is 19.6 Å². The van der Waals surface area contributed by atoms with E-state index in [-0.39, 0.29) is 11.6 Å². The number of nitro groups is 1. The number of nitrogens with zero attached hydrogens (tertiary/aromatic N) is 2. The maximum atomic E-state index is 11.2. The topological polar surface area (TPSA) is 103 Å². The average molecular weight is 374 g/mol. The van der Waals surface area contributed by atoms with E-state index in [4.69, 9.17) is 21.4 Å². The molecule has 0 aliphatic rings. The van der Waals surface area contributed by atoms with Crippen molar-refractivity contribution in [3.05, 3.63) is 55.6 Å². The molecule has 21 heavy (non-hydrogen) atoms. The van der Waals surface area contributed by atoms with Crippen LogP contribution in [0.4, 0.5) is 5.69 Å². The summed E-state index contributed by atoms with van der Waals surface area (Å²) in [5.74, 6) is -1.36.